The van der Waals surface area contributed by atoms with Gasteiger partial charge >= 0.3 is 0 Å². The molecule has 0 fully saturated rings. The van der Waals surface area contributed by atoms with Crippen molar-refractivity contribution in [2.75, 3.05) is 0 Å². The van der Waals surface area contributed by atoms with Gasteiger partial charge in [-0.05, 0) is 25.7 Å². The van der Waals surface area contributed by atoms with Gasteiger partial charge in [0.1, 0.15) is 0 Å². The standard InChI is InChI=1S/C10H17N/c1-3-4-7-10(2)8-5-6-9-11/h2-8H2,1H3. The van der Waals surface area contributed by atoms with Crippen LogP contribution >= 0.6 is 0 Å². The number of hydrogen-bond acceptors (Lipinski definition) is 1. The highest BCUT2D eigenvalue weighted by Gasteiger charge is 1.93. The first-order chi connectivity index (χ1) is 5.31. The van der Waals surface area contributed by atoms with Crippen LogP contribution in [-0.2, 0) is 0 Å². The first kappa shape index (κ1) is 10.2. The molecule has 0 heterocycles. The summed E-state index contributed by atoms with van der Waals surface area (Å²) in [6.07, 6.45) is 6.31. The molecule has 62 valence electrons. The lowest BCUT2D eigenvalue weighted by molar-refractivity contribution is 0.732. The summed E-state index contributed by atoms with van der Waals surface area (Å²) >= 11 is 0. The van der Waals surface area contributed by atoms with Gasteiger partial charge < -0.3 is 0 Å². The summed E-state index contributed by atoms with van der Waals surface area (Å²) in [5.74, 6) is 0. The van der Waals surface area contributed by atoms with Gasteiger partial charge in [-0.2, -0.15) is 5.26 Å². The van der Waals surface area contributed by atoms with Crippen LogP contribution in [0, 0.1) is 11.3 Å². The van der Waals surface area contributed by atoms with E-state index in [4.69, 9.17) is 5.26 Å². The summed E-state index contributed by atoms with van der Waals surface area (Å²) in [6.45, 7) is 6.14. The summed E-state index contributed by atoms with van der Waals surface area (Å²) in [6, 6.07) is 2.14. The van der Waals surface area contributed by atoms with E-state index in [1.807, 2.05) is 0 Å². The van der Waals surface area contributed by atoms with E-state index < -0.39 is 0 Å². The fourth-order valence-electron chi connectivity index (χ4n) is 0.969. The summed E-state index contributed by atoms with van der Waals surface area (Å²) in [5.41, 5.74) is 1.31. The van der Waals surface area contributed by atoms with Crippen LogP contribution in [0.2, 0.25) is 0 Å². The van der Waals surface area contributed by atoms with Gasteiger partial charge in [0.2, 0.25) is 0 Å². The number of hydrogen-bond donors (Lipinski definition) is 0. The minimum Gasteiger partial charge on any atom is -0.198 e. The Hall–Kier alpha value is -0.770. The molecule has 0 aliphatic carbocycles. The van der Waals surface area contributed by atoms with Crippen LogP contribution in [-0.4, -0.2) is 0 Å². The molecule has 0 bridgehead atoms. The highest BCUT2D eigenvalue weighted by atomic mass is 14.2. The Morgan fingerprint density at radius 3 is 2.55 bits per heavy atom. The molecule has 0 aromatic rings. The molecule has 0 aromatic carbocycles. The molecule has 0 aliphatic heterocycles. The maximum absolute atomic E-state index is 8.28. The van der Waals surface area contributed by atoms with Gasteiger partial charge in [0.05, 0.1) is 6.07 Å². The maximum atomic E-state index is 8.28. The number of rotatable bonds is 6. The molecule has 0 saturated carbocycles. The monoisotopic (exact) mass is 151 g/mol. The van der Waals surface area contributed by atoms with Crippen molar-refractivity contribution in [3.63, 3.8) is 0 Å². The average molecular weight is 151 g/mol. The molecule has 11 heavy (non-hydrogen) atoms. The van der Waals surface area contributed by atoms with Gasteiger partial charge in [-0.3, -0.25) is 0 Å². The van der Waals surface area contributed by atoms with E-state index in [1.54, 1.807) is 0 Å². The Kier molecular flexibility index (Phi) is 6.82. The van der Waals surface area contributed by atoms with Crippen LogP contribution in [0.4, 0.5) is 0 Å². The molecule has 0 rings (SSSR count). The van der Waals surface area contributed by atoms with Crippen LogP contribution in [0.1, 0.15) is 45.4 Å². The lowest BCUT2D eigenvalue weighted by Crippen LogP contribution is -1.82. The Morgan fingerprint density at radius 2 is 2.00 bits per heavy atom. The van der Waals surface area contributed by atoms with Crippen molar-refractivity contribution in [1.82, 2.24) is 0 Å². The normalized spacial score (nSPS) is 9.09. The van der Waals surface area contributed by atoms with Gasteiger partial charge in [-0.15, -0.1) is 0 Å². The predicted molar refractivity (Wildman–Crippen MR) is 48.1 cm³/mol. The molecular weight excluding hydrogens is 134 g/mol. The van der Waals surface area contributed by atoms with Crippen molar-refractivity contribution in [2.45, 2.75) is 45.4 Å². The third kappa shape index (κ3) is 7.12. The quantitative estimate of drug-likeness (QED) is 0.421. The van der Waals surface area contributed by atoms with Crippen molar-refractivity contribution < 1.29 is 0 Å². The minimum absolute atomic E-state index is 0.672. The van der Waals surface area contributed by atoms with Gasteiger partial charge in [-0.25, -0.2) is 0 Å². The fourth-order valence-corrected chi connectivity index (χ4v) is 0.969. The van der Waals surface area contributed by atoms with Crippen LogP contribution < -0.4 is 0 Å². The third-order valence-electron chi connectivity index (χ3n) is 1.70. The van der Waals surface area contributed by atoms with E-state index in [0.717, 1.165) is 19.3 Å². The van der Waals surface area contributed by atoms with Crippen LogP contribution in [0.15, 0.2) is 12.2 Å². The summed E-state index contributed by atoms with van der Waals surface area (Å²) < 4.78 is 0. The molecule has 1 nitrogen and oxygen atoms in total. The van der Waals surface area contributed by atoms with Crippen LogP contribution in [0.3, 0.4) is 0 Å². The first-order valence-corrected chi connectivity index (χ1v) is 4.34. The Labute approximate surface area is 69.7 Å². The molecule has 1 heteroatoms. The van der Waals surface area contributed by atoms with E-state index in [9.17, 15) is 0 Å². The molecule has 0 N–H and O–H groups in total. The predicted octanol–water partition coefficient (Wildman–Crippen LogP) is 3.43. The second-order valence-electron chi connectivity index (χ2n) is 2.87. The van der Waals surface area contributed by atoms with Crippen LogP contribution in [0.5, 0.6) is 0 Å². The molecule has 0 aliphatic rings. The minimum atomic E-state index is 0.672. The van der Waals surface area contributed by atoms with E-state index in [0.29, 0.717) is 6.42 Å². The van der Waals surface area contributed by atoms with Crippen LogP contribution in [0.25, 0.3) is 0 Å². The fraction of sp³-hybridized carbons (Fsp3) is 0.700. The number of nitrogens with zero attached hydrogens (tertiary/aromatic N) is 1. The zero-order valence-corrected chi connectivity index (χ0v) is 7.40. The molecule has 0 saturated heterocycles. The van der Waals surface area contributed by atoms with Crippen molar-refractivity contribution in [2.24, 2.45) is 0 Å². The zero-order chi connectivity index (χ0) is 8.53. The lowest BCUT2D eigenvalue weighted by Gasteiger charge is -2.01. The summed E-state index contributed by atoms with van der Waals surface area (Å²) in [4.78, 5) is 0. The van der Waals surface area contributed by atoms with Crippen molar-refractivity contribution >= 4 is 0 Å². The highest BCUT2D eigenvalue weighted by Crippen LogP contribution is 2.11. The van der Waals surface area contributed by atoms with E-state index in [2.05, 4.69) is 19.6 Å². The van der Waals surface area contributed by atoms with Crippen molar-refractivity contribution in [1.29, 1.82) is 5.26 Å². The molecule has 0 unspecified atom stereocenters. The van der Waals surface area contributed by atoms with E-state index in [1.165, 1.54) is 18.4 Å². The number of allylic oxidation sites excluding steroid dienone is 1. The molecule has 0 spiro atoms. The van der Waals surface area contributed by atoms with Crippen molar-refractivity contribution in [3.05, 3.63) is 12.2 Å². The lowest BCUT2D eigenvalue weighted by atomic mass is 10.1. The largest absolute Gasteiger partial charge is 0.198 e. The summed E-state index contributed by atoms with van der Waals surface area (Å²) in [7, 11) is 0. The third-order valence-corrected chi connectivity index (χ3v) is 1.70. The van der Waals surface area contributed by atoms with Gasteiger partial charge in [0.15, 0.2) is 0 Å². The smallest absolute Gasteiger partial charge is 0.0621 e. The van der Waals surface area contributed by atoms with Gasteiger partial charge in [0, 0.05) is 6.42 Å². The number of unbranched alkanes of at least 4 members (excludes halogenated alkanes) is 2. The molecule has 0 radical (unpaired) electrons. The molecular formula is C10H17N. The Balaban J connectivity index is 3.17. The van der Waals surface area contributed by atoms with Gasteiger partial charge in [-0.1, -0.05) is 25.5 Å². The van der Waals surface area contributed by atoms with E-state index in [-0.39, 0.29) is 0 Å². The average Bonchev–Trinajstić information content (AvgIpc) is 2.01. The second kappa shape index (κ2) is 7.34. The highest BCUT2D eigenvalue weighted by molar-refractivity contribution is 4.94. The molecule has 0 atom stereocenters. The number of nitriles is 1. The van der Waals surface area contributed by atoms with Crippen molar-refractivity contribution in [3.8, 4) is 6.07 Å². The van der Waals surface area contributed by atoms with Gasteiger partial charge in [0.25, 0.3) is 0 Å². The molecule has 0 amide bonds. The summed E-state index contributed by atoms with van der Waals surface area (Å²) in [5, 5.41) is 8.28. The SMILES string of the molecule is C=C(CCCC)CCCC#N. The Morgan fingerprint density at radius 1 is 1.36 bits per heavy atom. The topological polar surface area (TPSA) is 23.8 Å². The second-order valence-corrected chi connectivity index (χ2v) is 2.87. The molecule has 0 aromatic heterocycles. The first-order valence-electron chi connectivity index (χ1n) is 4.34. The van der Waals surface area contributed by atoms with E-state index >= 15 is 0 Å². The maximum Gasteiger partial charge on any atom is 0.0621 e. The zero-order valence-electron chi connectivity index (χ0n) is 7.40. The Bertz CT molecular complexity index is 141.